The van der Waals surface area contributed by atoms with Crippen molar-refractivity contribution < 1.29 is 46.8 Å². The first-order chi connectivity index (χ1) is 21.0. The number of phenolic OH excluding ortho intramolecular Hbond substituents is 2. The van der Waals surface area contributed by atoms with E-state index in [1.165, 1.54) is 11.1 Å². The van der Waals surface area contributed by atoms with Gasteiger partial charge in [0.25, 0.3) is 0 Å². The second kappa shape index (κ2) is 18.4. The number of carbonyl (C=O) groups excluding carboxylic acids is 2. The van der Waals surface area contributed by atoms with Crippen molar-refractivity contribution in [2.24, 2.45) is 9.98 Å². The smallest absolute Gasteiger partial charge is 0.550 e. The van der Waals surface area contributed by atoms with Crippen molar-refractivity contribution in [2.75, 3.05) is 0 Å². The Morgan fingerprint density at radius 2 is 0.894 bits per heavy atom. The molecule has 0 saturated carbocycles. The molecule has 0 aliphatic heterocycles. The fraction of sp³-hybridized carbons (Fsp3) is 0.421. The van der Waals surface area contributed by atoms with Crippen LogP contribution >= 0.6 is 0 Å². The van der Waals surface area contributed by atoms with Crippen molar-refractivity contribution >= 4 is 35.7 Å². The minimum Gasteiger partial charge on any atom is -0.550 e. The van der Waals surface area contributed by atoms with Crippen molar-refractivity contribution in [3.05, 3.63) is 81.9 Å². The molecular formula is C38H50CoN2O6. The van der Waals surface area contributed by atoms with E-state index in [2.05, 4.69) is 91.4 Å². The van der Waals surface area contributed by atoms with E-state index < -0.39 is 11.9 Å². The molecule has 3 aromatic carbocycles. The number of phenols is 2. The van der Waals surface area contributed by atoms with E-state index in [4.69, 9.17) is 19.8 Å². The molecule has 0 spiro atoms. The third-order valence-electron chi connectivity index (χ3n) is 6.83. The summed E-state index contributed by atoms with van der Waals surface area (Å²) in [6, 6.07) is 15.9. The maximum atomic E-state index is 10.9. The molecule has 0 aromatic heterocycles. The number of carbonyl (C=O) groups is 2. The second-order valence-electron chi connectivity index (χ2n) is 13.8. The first-order valence-corrected chi connectivity index (χ1v) is 15.3. The predicted molar refractivity (Wildman–Crippen MR) is 184 cm³/mol. The molecule has 0 aliphatic rings. The van der Waals surface area contributed by atoms with Gasteiger partial charge in [0.05, 0.1) is 11.4 Å². The Morgan fingerprint density at radius 1 is 0.638 bits per heavy atom. The molecular weight excluding hydrogens is 639 g/mol. The van der Waals surface area contributed by atoms with Crippen molar-refractivity contribution in [3.8, 4) is 11.5 Å². The van der Waals surface area contributed by atoms with Gasteiger partial charge in [-0.1, -0.05) is 81.4 Å². The number of aliphatic carboxylic acids is 2. The van der Waals surface area contributed by atoms with Gasteiger partial charge in [0, 0.05) is 46.6 Å². The molecule has 0 heterocycles. The Kier molecular flexibility index (Phi) is 16.9. The Balaban J connectivity index is 0.00000211. The molecule has 0 fully saturated rings. The van der Waals surface area contributed by atoms with Gasteiger partial charge >= 0.3 is 16.8 Å². The molecule has 0 atom stereocenters. The average Bonchev–Trinajstić information content (AvgIpc) is 2.90. The van der Waals surface area contributed by atoms with Crippen LogP contribution in [0.1, 0.15) is 128 Å². The zero-order valence-corrected chi connectivity index (χ0v) is 30.7. The monoisotopic (exact) mass is 689 g/mol. The van der Waals surface area contributed by atoms with E-state index in [-0.39, 0.29) is 39.1 Å². The Bertz CT molecular complexity index is 1420. The summed E-state index contributed by atoms with van der Waals surface area (Å²) in [6.07, 6.45) is 3.47. The van der Waals surface area contributed by atoms with E-state index in [0.29, 0.717) is 11.8 Å². The van der Waals surface area contributed by atoms with Crippen LogP contribution < -0.4 is 10.2 Å². The number of carboxylic acids is 2. The largest absolute Gasteiger partial charge is 2.00 e. The van der Waals surface area contributed by atoms with Gasteiger partial charge in [-0.15, -0.1) is 0 Å². The molecule has 0 unspecified atom stereocenters. The summed E-state index contributed by atoms with van der Waals surface area (Å²) < 4.78 is 0. The third kappa shape index (κ3) is 14.6. The molecule has 2 N–H and O–H groups in total. The third-order valence-corrected chi connectivity index (χ3v) is 6.83. The summed E-state index contributed by atoms with van der Waals surface area (Å²) in [5.74, 6) is -0.905. The topological polar surface area (TPSA) is 145 Å². The first kappa shape index (κ1) is 43.0. The summed E-state index contributed by atoms with van der Waals surface area (Å²) in [5.41, 5.74) is 6.85. The van der Waals surface area contributed by atoms with E-state index in [0.717, 1.165) is 47.5 Å². The Hall–Kier alpha value is -3.95. The van der Waals surface area contributed by atoms with Gasteiger partial charge in [-0.3, -0.25) is 9.98 Å². The van der Waals surface area contributed by atoms with Crippen molar-refractivity contribution in [2.45, 2.75) is 106 Å². The molecule has 0 aliphatic carbocycles. The van der Waals surface area contributed by atoms with E-state index >= 15 is 0 Å². The summed E-state index contributed by atoms with van der Waals surface area (Å²) in [7, 11) is 0. The summed E-state index contributed by atoms with van der Waals surface area (Å²) in [5, 5.41) is 39.7. The fourth-order valence-electron chi connectivity index (χ4n) is 4.28. The number of nitrogens with zero attached hydrogens (tertiary/aromatic N) is 2. The number of benzene rings is 3. The van der Waals surface area contributed by atoms with Crippen molar-refractivity contribution in [1.82, 2.24) is 0 Å². The summed E-state index contributed by atoms with van der Waals surface area (Å²) in [6.45, 7) is 23.2. The number of rotatable bonds is 6. The molecule has 3 rings (SSSR count). The summed E-state index contributed by atoms with van der Waals surface area (Å²) >= 11 is 0. The average molecular weight is 690 g/mol. The molecule has 257 valence electrons. The molecule has 8 nitrogen and oxygen atoms in total. The van der Waals surface area contributed by atoms with E-state index in [9.17, 15) is 10.2 Å². The number of carboxylic acid groups (broad SMARTS) is 2. The maximum absolute atomic E-state index is 10.9. The number of aliphatic imine (C=N–C) groups is 2. The first-order valence-electron chi connectivity index (χ1n) is 15.3. The van der Waals surface area contributed by atoms with Crippen LogP contribution in [0.15, 0.2) is 58.5 Å². The van der Waals surface area contributed by atoms with Gasteiger partial charge < -0.3 is 30.0 Å². The predicted octanol–water partition coefficient (Wildman–Crippen LogP) is 6.95. The molecule has 0 saturated heterocycles. The zero-order chi connectivity index (χ0) is 35.6. The Labute approximate surface area is 290 Å². The molecule has 1 radical (unpaired) electrons. The van der Waals surface area contributed by atoms with Crippen LogP contribution in [0.5, 0.6) is 11.5 Å². The minimum atomic E-state index is -1.08. The minimum absolute atomic E-state index is 0. The Morgan fingerprint density at radius 3 is 1.11 bits per heavy atom. The molecule has 3 aromatic rings. The van der Waals surface area contributed by atoms with Crippen molar-refractivity contribution in [1.29, 1.82) is 0 Å². The normalized spacial score (nSPS) is 11.5. The van der Waals surface area contributed by atoms with Crippen molar-refractivity contribution in [3.63, 3.8) is 0 Å². The maximum Gasteiger partial charge on any atom is 2.00 e. The van der Waals surface area contributed by atoms with Crippen LogP contribution in [-0.2, 0) is 37.2 Å². The quantitative estimate of drug-likeness (QED) is 0.268. The van der Waals surface area contributed by atoms with Crippen LogP contribution in [0.25, 0.3) is 0 Å². The standard InChI is InChI=1S/C34H44N2O2.2C2H4O2.Co/c1-21(2)23-15-25(31(37)29(17-23)33(5,6)7)19-35-27-11-13-28(14-12-27)36-20-26-16-24(22(3)4)18-30(32(26)38)34(8,9)10;2*1-2(3)4;/h11-22,37-38H,1-10H3;2*1H3,(H,3,4);/q;;;+2/p-2. The van der Waals surface area contributed by atoms with Gasteiger partial charge in [-0.25, -0.2) is 0 Å². The van der Waals surface area contributed by atoms with Crippen LogP contribution in [0.2, 0.25) is 0 Å². The molecule has 0 amide bonds. The van der Waals surface area contributed by atoms with Crippen LogP contribution in [0.3, 0.4) is 0 Å². The van der Waals surface area contributed by atoms with Gasteiger partial charge in [0.15, 0.2) is 0 Å². The SMILES string of the molecule is CC(=O)[O-].CC(=O)[O-].CC(C)c1cc(C=Nc2ccc(N=Cc3cc(C(C)C)cc(C(C)(C)C)c3O)cc2)c(O)c(C(C)(C)C)c1.[Co+2]. The molecule has 0 bridgehead atoms. The zero-order valence-electron chi connectivity index (χ0n) is 29.7. The fourth-order valence-corrected chi connectivity index (χ4v) is 4.28. The number of hydrogen-bond donors (Lipinski definition) is 2. The second-order valence-corrected chi connectivity index (χ2v) is 13.8. The van der Waals surface area contributed by atoms with E-state index in [1.54, 1.807) is 12.4 Å². The van der Waals surface area contributed by atoms with E-state index in [1.807, 2.05) is 36.4 Å². The molecule has 47 heavy (non-hydrogen) atoms. The molecule has 9 heteroatoms. The number of hydrogen-bond acceptors (Lipinski definition) is 8. The van der Waals surface area contributed by atoms with Gasteiger partial charge in [-0.05, 0) is 84.0 Å². The van der Waals surface area contributed by atoms with Gasteiger partial charge in [0.1, 0.15) is 11.5 Å². The van der Waals surface area contributed by atoms with Gasteiger partial charge in [0.2, 0.25) is 0 Å². The summed E-state index contributed by atoms with van der Waals surface area (Å²) in [4.78, 5) is 27.0. The van der Waals surface area contributed by atoms with Crippen LogP contribution in [0, 0.1) is 0 Å². The van der Waals surface area contributed by atoms with Crippen LogP contribution in [0.4, 0.5) is 11.4 Å². The van der Waals surface area contributed by atoms with Crippen LogP contribution in [-0.4, -0.2) is 34.6 Å². The van der Waals surface area contributed by atoms with Gasteiger partial charge in [-0.2, -0.15) is 0 Å². The number of aromatic hydroxyl groups is 2.